The lowest BCUT2D eigenvalue weighted by molar-refractivity contribution is -0.166. The lowest BCUT2D eigenvalue weighted by atomic mass is 9.75. The molecule has 1 aromatic rings. The van der Waals surface area contributed by atoms with Crippen LogP contribution < -0.4 is 0 Å². The zero-order valence-electron chi connectivity index (χ0n) is 13.8. The Bertz CT molecular complexity index is 558. The molecule has 1 unspecified atom stereocenters. The minimum Gasteiger partial charge on any atom is -0.506 e. The third-order valence-electron chi connectivity index (χ3n) is 4.76. The van der Waals surface area contributed by atoms with E-state index in [0.717, 1.165) is 19.3 Å². The standard InChI is InChI=1S/C18H25ClO4/c1-10(2)12-8-7-11(3)9-15(12)23-18(22)17(21)13-5-4-6-14(19)16(13)20/h4-6,10-12,15,17,20-21H,7-9H2,1-3H3/t11-,12+,15-,17?/m1/s1. The SMILES string of the molecule is CC(C)[C@@H]1CC[C@@H](C)C[C@H]1OC(=O)C(O)c1cccc(Cl)c1O. The van der Waals surface area contributed by atoms with Crippen molar-refractivity contribution in [1.82, 2.24) is 0 Å². The molecule has 1 saturated carbocycles. The number of carbonyl (C=O) groups excluding carboxylic acids is 1. The summed E-state index contributed by atoms with van der Waals surface area (Å²) in [6, 6.07) is 4.54. The van der Waals surface area contributed by atoms with Gasteiger partial charge in [-0.25, -0.2) is 4.79 Å². The van der Waals surface area contributed by atoms with Gasteiger partial charge in [0.1, 0.15) is 11.9 Å². The van der Waals surface area contributed by atoms with Crippen molar-refractivity contribution < 1.29 is 19.7 Å². The van der Waals surface area contributed by atoms with Crippen molar-refractivity contribution in [3.8, 4) is 5.75 Å². The van der Waals surface area contributed by atoms with E-state index in [9.17, 15) is 15.0 Å². The smallest absolute Gasteiger partial charge is 0.340 e. The fraction of sp³-hybridized carbons (Fsp3) is 0.611. The van der Waals surface area contributed by atoms with Crippen molar-refractivity contribution in [2.45, 2.75) is 52.2 Å². The number of benzene rings is 1. The predicted octanol–water partition coefficient (Wildman–Crippen LogP) is 4.08. The highest BCUT2D eigenvalue weighted by atomic mass is 35.5. The molecular formula is C18H25ClO4. The summed E-state index contributed by atoms with van der Waals surface area (Å²) >= 11 is 5.83. The number of phenols is 1. The normalized spacial score (nSPS) is 26.1. The van der Waals surface area contributed by atoms with Crippen LogP contribution in [0, 0.1) is 17.8 Å². The number of para-hydroxylation sites is 1. The van der Waals surface area contributed by atoms with Gasteiger partial charge in [0.05, 0.1) is 5.02 Å². The summed E-state index contributed by atoms with van der Waals surface area (Å²) in [5, 5.41) is 20.2. The molecule has 4 atom stereocenters. The van der Waals surface area contributed by atoms with E-state index in [1.54, 1.807) is 6.07 Å². The Morgan fingerprint density at radius 2 is 2.04 bits per heavy atom. The van der Waals surface area contributed by atoms with E-state index in [1.807, 2.05) is 0 Å². The molecule has 5 heteroatoms. The first-order chi connectivity index (χ1) is 10.8. The van der Waals surface area contributed by atoms with Crippen LogP contribution in [-0.2, 0) is 9.53 Å². The maximum atomic E-state index is 12.3. The molecule has 0 amide bonds. The van der Waals surface area contributed by atoms with E-state index >= 15 is 0 Å². The summed E-state index contributed by atoms with van der Waals surface area (Å²) in [5.41, 5.74) is 0.0763. The molecule has 0 saturated heterocycles. The first-order valence-electron chi connectivity index (χ1n) is 8.17. The van der Waals surface area contributed by atoms with Crippen LogP contribution in [0.4, 0.5) is 0 Å². The molecule has 0 radical (unpaired) electrons. The topological polar surface area (TPSA) is 66.8 Å². The van der Waals surface area contributed by atoms with Gasteiger partial charge in [0.15, 0.2) is 6.10 Å². The maximum absolute atomic E-state index is 12.3. The van der Waals surface area contributed by atoms with E-state index in [-0.39, 0.29) is 22.4 Å². The number of halogens is 1. The first-order valence-corrected chi connectivity index (χ1v) is 8.55. The summed E-state index contributed by atoms with van der Waals surface area (Å²) in [6.45, 7) is 6.40. The Labute approximate surface area is 142 Å². The third kappa shape index (κ3) is 4.18. The van der Waals surface area contributed by atoms with Crippen LogP contribution in [0.1, 0.15) is 51.7 Å². The Morgan fingerprint density at radius 1 is 1.35 bits per heavy atom. The van der Waals surface area contributed by atoms with Gasteiger partial charge in [-0.05, 0) is 36.7 Å². The van der Waals surface area contributed by atoms with Gasteiger partial charge in [-0.1, -0.05) is 50.9 Å². The molecule has 0 bridgehead atoms. The second kappa shape index (κ2) is 7.54. The highest BCUT2D eigenvalue weighted by Gasteiger charge is 2.35. The van der Waals surface area contributed by atoms with Gasteiger partial charge in [-0.2, -0.15) is 0 Å². The summed E-state index contributed by atoms with van der Waals surface area (Å²) in [4.78, 5) is 12.3. The number of aliphatic hydroxyl groups excluding tert-OH is 1. The number of ether oxygens (including phenoxy) is 1. The average Bonchev–Trinajstić information content (AvgIpc) is 2.49. The zero-order valence-corrected chi connectivity index (χ0v) is 14.6. The van der Waals surface area contributed by atoms with Crippen molar-refractivity contribution in [2.24, 2.45) is 17.8 Å². The Hall–Kier alpha value is -1.26. The summed E-state index contributed by atoms with van der Waals surface area (Å²) in [6.07, 6.45) is 1.24. The molecular weight excluding hydrogens is 316 g/mol. The number of hydrogen-bond donors (Lipinski definition) is 2. The minimum absolute atomic E-state index is 0.0763. The minimum atomic E-state index is -1.53. The molecule has 0 spiro atoms. The Balaban J connectivity index is 2.11. The summed E-state index contributed by atoms with van der Waals surface area (Å²) < 4.78 is 5.60. The Kier molecular flexibility index (Phi) is 5.93. The number of aromatic hydroxyl groups is 1. The van der Waals surface area contributed by atoms with Crippen molar-refractivity contribution >= 4 is 17.6 Å². The average molecular weight is 341 g/mol. The van der Waals surface area contributed by atoms with Crippen LogP contribution in [0.2, 0.25) is 5.02 Å². The molecule has 1 fully saturated rings. The van der Waals surface area contributed by atoms with Crippen molar-refractivity contribution in [1.29, 1.82) is 0 Å². The van der Waals surface area contributed by atoms with Gasteiger partial charge in [-0.15, -0.1) is 0 Å². The molecule has 0 aliphatic heterocycles. The second-order valence-corrected chi connectivity index (χ2v) is 7.29. The van der Waals surface area contributed by atoms with Gasteiger partial charge in [0.2, 0.25) is 0 Å². The molecule has 1 aliphatic carbocycles. The van der Waals surface area contributed by atoms with Crippen LogP contribution in [0.15, 0.2) is 18.2 Å². The third-order valence-corrected chi connectivity index (χ3v) is 5.07. The Morgan fingerprint density at radius 3 is 2.70 bits per heavy atom. The number of aliphatic hydroxyl groups is 1. The fourth-order valence-corrected chi connectivity index (χ4v) is 3.53. The van der Waals surface area contributed by atoms with Gasteiger partial charge < -0.3 is 14.9 Å². The molecule has 0 heterocycles. The van der Waals surface area contributed by atoms with Gasteiger partial charge in [0.25, 0.3) is 0 Å². The lowest BCUT2D eigenvalue weighted by Gasteiger charge is -2.37. The van der Waals surface area contributed by atoms with Crippen LogP contribution in [0.5, 0.6) is 5.75 Å². The van der Waals surface area contributed by atoms with E-state index in [0.29, 0.717) is 17.8 Å². The largest absolute Gasteiger partial charge is 0.506 e. The lowest BCUT2D eigenvalue weighted by Crippen LogP contribution is -2.37. The highest BCUT2D eigenvalue weighted by Crippen LogP contribution is 2.37. The van der Waals surface area contributed by atoms with E-state index in [2.05, 4.69) is 20.8 Å². The molecule has 1 aliphatic rings. The molecule has 23 heavy (non-hydrogen) atoms. The molecule has 1 aromatic carbocycles. The van der Waals surface area contributed by atoms with Crippen LogP contribution in [0.25, 0.3) is 0 Å². The van der Waals surface area contributed by atoms with Gasteiger partial charge in [0, 0.05) is 5.56 Å². The highest BCUT2D eigenvalue weighted by molar-refractivity contribution is 6.32. The maximum Gasteiger partial charge on any atom is 0.340 e. The zero-order chi connectivity index (χ0) is 17.1. The molecule has 0 aromatic heterocycles. The van der Waals surface area contributed by atoms with E-state index in [4.69, 9.17) is 16.3 Å². The predicted molar refractivity (Wildman–Crippen MR) is 89.3 cm³/mol. The number of rotatable bonds is 4. The van der Waals surface area contributed by atoms with Crippen LogP contribution in [0.3, 0.4) is 0 Å². The molecule has 4 nitrogen and oxygen atoms in total. The second-order valence-electron chi connectivity index (χ2n) is 6.88. The number of phenolic OH excluding ortho intramolecular Hbond substituents is 1. The van der Waals surface area contributed by atoms with Crippen LogP contribution in [-0.4, -0.2) is 22.3 Å². The molecule has 2 N–H and O–H groups in total. The van der Waals surface area contributed by atoms with Gasteiger partial charge in [-0.3, -0.25) is 0 Å². The van der Waals surface area contributed by atoms with E-state index < -0.39 is 12.1 Å². The number of hydrogen-bond acceptors (Lipinski definition) is 4. The van der Waals surface area contributed by atoms with E-state index in [1.165, 1.54) is 12.1 Å². The monoisotopic (exact) mass is 340 g/mol. The number of carbonyl (C=O) groups is 1. The van der Waals surface area contributed by atoms with Crippen molar-refractivity contribution in [2.75, 3.05) is 0 Å². The van der Waals surface area contributed by atoms with Crippen molar-refractivity contribution in [3.05, 3.63) is 28.8 Å². The molecule has 128 valence electrons. The fourth-order valence-electron chi connectivity index (χ4n) is 3.34. The summed E-state index contributed by atoms with van der Waals surface area (Å²) in [5.74, 6) is 0.204. The quantitative estimate of drug-likeness (QED) is 0.810. The van der Waals surface area contributed by atoms with Gasteiger partial charge >= 0.3 is 5.97 Å². The first kappa shape index (κ1) is 18.1. The van der Waals surface area contributed by atoms with Crippen LogP contribution >= 0.6 is 11.6 Å². The van der Waals surface area contributed by atoms with Crippen molar-refractivity contribution in [3.63, 3.8) is 0 Å². The molecule has 2 rings (SSSR count). The number of esters is 1. The summed E-state index contributed by atoms with van der Waals surface area (Å²) in [7, 11) is 0.